The van der Waals surface area contributed by atoms with Crippen LogP contribution in [0, 0.1) is 12.8 Å². The molecule has 0 saturated heterocycles. The number of rotatable bonds is 4. The van der Waals surface area contributed by atoms with Gasteiger partial charge in [-0.1, -0.05) is 12.5 Å². The number of pyridine rings is 1. The molecule has 0 amide bonds. The van der Waals surface area contributed by atoms with Crippen LogP contribution in [0.4, 0.5) is 5.82 Å². The smallest absolute Gasteiger partial charge is 0.128 e. The maximum absolute atomic E-state index is 5.63. The third kappa shape index (κ3) is 2.35. The second-order valence-corrected chi connectivity index (χ2v) is 4.80. The Morgan fingerprint density at radius 2 is 2.19 bits per heavy atom. The van der Waals surface area contributed by atoms with Crippen molar-refractivity contribution >= 4 is 5.82 Å². The van der Waals surface area contributed by atoms with Crippen LogP contribution in [0.5, 0.6) is 0 Å². The van der Waals surface area contributed by atoms with Gasteiger partial charge in [0.15, 0.2) is 0 Å². The molecule has 3 nitrogen and oxygen atoms in total. The van der Waals surface area contributed by atoms with E-state index >= 15 is 0 Å². The van der Waals surface area contributed by atoms with E-state index < -0.39 is 0 Å². The zero-order valence-electron chi connectivity index (χ0n) is 10.2. The predicted molar refractivity (Wildman–Crippen MR) is 67.5 cm³/mol. The van der Waals surface area contributed by atoms with E-state index in [2.05, 4.69) is 29.1 Å². The molecule has 0 aromatic carbocycles. The lowest BCUT2D eigenvalue weighted by atomic mass is 9.85. The largest absolute Gasteiger partial charge is 0.359 e. The van der Waals surface area contributed by atoms with Crippen molar-refractivity contribution in [2.45, 2.75) is 32.7 Å². The first-order chi connectivity index (χ1) is 7.70. The Morgan fingerprint density at radius 3 is 2.69 bits per heavy atom. The fourth-order valence-electron chi connectivity index (χ4n) is 2.16. The number of nitrogens with zero attached hydrogens (tertiary/aromatic N) is 2. The molecule has 0 aliphatic heterocycles. The number of hydrogen-bond donors (Lipinski definition) is 1. The van der Waals surface area contributed by atoms with Gasteiger partial charge >= 0.3 is 0 Å². The first-order valence-electron chi connectivity index (χ1n) is 6.08. The summed E-state index contributed by atoms with van der Waals surface area (Å²) in [6.45, 7) is 3.74. The van der Waals surface area contributed by atoms with Gasteiger partial charge in [-0.25, -0.2) is 4.98 Å². The Bertz CT molecular complexity index is 358. The van der Waals surface area contributed by atoms with E-state index in [1.54, 1.807) is 0 Å². The van der Waals surface area contributed by atoms with Crippen LogP contribution in [-0.2, 0) is 6.54 Å². The molecule has 3 heteroatoms. The summed E-state index contributed by atoms with van der Waals surface area (Å²) in [4.78, 5) is 6.86. The summed E-state index contributed by atoms with van der Waals surface area (Å²) in [6.07, 6.45) is 4.16. The molecule has 1 saturated carbocycles. The summed E-state index contributed by atoms with van der Waals surface area (Å²) in [5.74, 6) is 1.95. The van der Waals surface area contributed by atoms with Gasteiger partial charge in [0.05, 0.1) is 0 Å². The summed E-state index contributed by atoms with van der Waals surface area (Å²) in [5.41, 5.74) is 7.83. The van der Waals surface area contributed by atoms with Crippen molar-refractivity contribution < 1.29 is 0 Å². The molecule has 1 heterocycles. The van der Waals surface area contributed by atoms with Crippen LogP contribution in [0.1, 0.15) is 30.5 Å². The Balaban J connectivity index is 2.04. The number of nitrogens with two attached hydrogens (primary N) is 1. The Hall–Kier alpha value is -1.09. The molecule has 1 aliphatic rings. The van der Waals surface area contributed by atoms with Gasteiger partial charge < -0.3 is 10.6 Å². The van der Waals surface area contributed by atoms with Gasteiger partial charge in [-0.15, -0.1) is 0 Å². The molecule has 16 heavy (non-hydrogen) atoms. The average molecular weight is 219 g/mol. The molecular weight excluding hydrogens is 198 g/mol. The molecule has 1 fully saturated rings. The molecule has 2 N–H and O–H groups in total. The zero-order chi connectivity index (χ0) is 11.5. The lowest BCUT2D eigenvalue weighted by Gasteiger charge is -2.30. The van der Waals surface area contributed by atoms with E-state index in [-0.39, 0.29) is 0 Å². The highest BCUT2D eigenvalue weighted by Crippen LogP contribution is 2.28. The summed E-state index contributed by atoms with van der Waals surface area (Å²) in [7, 11) is 2.13. The van der Waals surface area contributed by atoms with Gasteiger partial charge in [-0.2, -0.15) is 0 Å². The molecule has 2 rings (SSSR count). The monoisotopic (exact) mass is 219 g/mol. The molecule has 88 valence electrons. The highest BCUT2D eigenvalue weighted by atomic mass is 15.2. The molecule has 0 radical (unpaired) electrons. The first-order valence-corrected chi connectivity index (χ1v) is 6.08. The third-order valence-electron chi connectivity index (χ3n) is 3.55. The topological polar surface area (TPSA) is 42.2 Å². The van der Waals surface area contributed by atoms with Crippen LogP contribution in [-0.4, -0.2) is 18.6 Å². The SMILES string of the molecule is Cc1nc(N(C)CC2CCC2)ccc1CN. The van der Waals surface area contributed by atoms with Crippen LogP contribution in [0.2, 0.25) is 0 Å². The van der Waals surface area contributed by atoms with Gasteiger partial charge in [0.1, 0.15) is 5.82 Å². The van der Waals surface area contributed by atoms with Crippen molar-refractivity contribution in [1.29, 1.82) is 0 Å². The number of hydrogen-bond acceptors (Lipinski definition) is 3. The van der Waals surface area contributed by atoms with Crippen LogP contribution in [0.15, 0.2) is 12.1 Å². The van der Waals surface area contributed by atoms with E-state index in [1.165, 1.54) is 19.3 Å². The third-order valence-corrected chi connectivity index (χ3v) is 3.55. The average Bonchev–Trinajstić information content (AvgIpc) is 2.23. The van der Waals surface area contributed by atoms with E-state index in [0.29, 0.717) is 6.54 Å². The zero-order valence-corrected chi connectivity index (χ0v) is 10.2. The number of aryl methyl sites for hydroxylation is 1. The highest BCUT2D eigenvalue weighted by molar-refractivity contribution is 5.40. The van der Waals surface area contributed by atoms with Crippen LogP contribution in [0.3, 0.4) is 0 Å². The van der Waals surface area contributed by atoms with Gasteiger partial charge in [-0.3, -0.25) is 0 Å². The van der Waals surface area contributed by atoms with E-state index in [4.69, 9.17) is 5.73 Å². The van der Waals surface area contributed by atoms with Crippen molar-refractivity contribution in [2.75, 3.05) is 18.5 Å². The van der Waals surface area contributed by atoms with Gasteiger partial charge in [0.25, 0.3) is 0 Å². The summed E-state index contributed by atoms with van der Waals surface area (Å²) in [5, 5.41) is 0. The molecule has 1 aliphatic carbocycles. The lowest BCUT2D eigenvalue weighted by molar-refractivity contribution is 0.321. The van der Waals surface area contributed by atoms with Crippen molar-refractivity contribution in [3.05, 3.63) is 23.4 Å². The molecule has 0 unspecified atom stereocenters. The number of aromatic nitrogens is 1. The fraction of sp³-hybridized carbons (Fsp3) is 0.615. The predicted octanol–water partition coefficient (Wildman–Crippen LogP) is 2.09. The highest BCUT2D eigenvalue weighted by Gasteiger charge is 2.19. The second-order valence-electron chi connectivity index (χ2n) is 4.80. The maximum atomic E-state index is 5.63. The molecular formula is C13H21N3. The molecule has 0 spiro atoms. The summed E-state index contributed by atoms with van der Waals surface area (Å²) >= 11 is 0. The Morgan fingerprint density at radius 1 is 1.44 bits per heavy atom. The van der Waals surface area contributed by atoms with Gasteiger partial charge in [0.2, 0.25) is 0 Å². The standard InChI is InChI=1S/C13H21N3/c1-10-12(8-14)6-7-13(15-10)16(2)9-11-4-3-5-11/h6-7,11H,3-5,8-9,14H2,1-2H3. The lowest BCUT2D eigenvalue weighted by Crippen LogP contribution is -2.30. The summed E-state index contributed by atoms with van der Waals surface area (Å²) < 4.78 is 0. The van der Waals surface area contributed by atoms with Gasteiger partial charge in [-0.05, 0) is 37.3 Å². The van der Waals surface area contributed by atoms with E-state index in [9.17, 15) is 0 Å². The quantitative estimate of drug-likeness (QED) is 0.843. The normalized spacial score (nSPS) is 15.9. The van der Waals surface area contributed by atoms with Gasteiger partial charge in [0, 0.05) is 25.8 Å². The minimum Gasteiger partial charge on any atom is -0.359 e. The Kier molecular flexibility index (Phi) is 3.44. The van der Waals surface area contributed by atoms with Crippen molar-refractivity contribution in [3.8, 4) is 0 Å². The molecule has 0 atom stereocenters. The maximum Gasteiger partial charge on any atom is 0.128 e. The Labute approximate surface area is 97.7 Å². The molecule has 1 aromatic rings. The van der Waals surface area contributed by atoms with Crippen LogP contribution in [0.25, 0.3) is 0 Å². The van der Waals surface area contributed by atoms with E-state index in [1.807, 2.05) is 6.92 Å². The molecule has 1 aromatic heterocycles. The number of anilines is 1. The fourth-order valence-corrected chi connectivity index (χ4v) is 2.16. The summed E-state index contributed by atoms with van der Waals surface area (Å²) in [6, 6.07) is 4.17. The van der Waals surface area contributed by atoms with Crippen molar-refractivity contribution in [2.24, 2.45) is 11.7 Å². The first kappa shape index (κ1) is 11.4. The second kappa shape index (κ2) is 4.83. The van der Waals surface area contributed by atoms with Crippen LogP contribution < -0.4 is 10.6 Å². The molecule has 0 bridgehead atoms. The minimum absolute atomic E-state index is 0.575. The van der Waals surface area contributed by atoms with Crippen molar-refractivity contribution in [3.63, 3.8) is 0 Å². The van der Waals surface area contributed by atoms with E-state index in [0.717, 1.165) is 29.5 Å². The van der Waals surface area contributed by atoms with Crippen molar-refractivity contribution in [1.82, 2.24) is 4.98 Å². The van der Waals surface area contributed by atoms with Crippen LogP contribution >= 0.6 is 0 Å². The minimum atomic E-state index is 0.575.